The van der Waals surface area contributed by atoms with Crippen LogP contribution in [0.15, 0.2) is 24.3 Å². The fourth-order valence-electron chi connectivity index (χ4n) is 2.33. The molecule has 132 valence electrons. The summed E-state index contributed by atoms with van der Waals surface area (Å²) < 4.78 is 16.0. The molecule has 1 fully saturated rings. The molecule has 0 saturated heterocycles. The van der Waals surface area contributed by atoms with Gasteiger partial charge in [0.25, 0.3) is 0 Å². The van der Waals surface area contributed by atoms with E-state index < -0.39 is 11.7 Å². The molecule has 0 heterocycles. The number of benzene rings is 1. The number of alkyl carbamates (subject to hydrolysis) is 1. The summed E-state index contributed by atoms with van der Waals surface area (Å²) in [4.78, 5) is 23.2. The largest absolute Gasteiger partial charge is 0.490 e. The zero-order valence-corrected chi connectivity index (χ0v) is 14.6. The molecule has 0 bridgehead atoms. The van der Waals surface area contributed by atoms with Crippen LogP contribution in [0, 0.1) is 0 Å². The van der Waals surface area contributed by atoms with Crippen molar-refractivity contribution >= 4 is 12.1 Å². The maximum Gasteiger partial charge on any atom is 0.407 e. The van der Waals surface area contributed by atoms with Gasteiger partial charge in [0.15, 0.2) is 0 Å². The Morgan fingerprint density at radius 3 is 2.33 bits per heavy atom. The number of hydrogen-bond donors (Lipinski definition) is 1. The van der Waals surface area contributed by atoms with Gasteiger partial charge in [-0.2, -0.15) is 0 Å². The lowest BCUT2D eigenvalue weighted by Crippen LogP contribution is -2.50. The van der Waals surface area contributed by atoms with Gasteiger partial charge in [-0.3, -0.25) is 0 Å². The van der Waals surface area contributed by atoms with Crippen LogP contribution in [0.4, 0.5) is 4.79 Å². The maximum atomic E-state index is 11.7. The van der Waals surface area contributed by atoms with Gasteiger partial charge in [-0.25, -0.2) is 9.59 Å². The number of esters is 1. The van der Waals surface area contributed by atoms with Crippen molar-refractivity contribution in [1.29, 1.82) is 0 Å². The maximum absolute atomic E-state index is 11.7. The zero-order valence-electron chi connectivity index (χ0n) is 14.6. The van der Waals surface area contributed by atoms with E-state index in [0.29, 0.717) is 17.9 Å². The van der Waals surface area contributed by atoms with Gasteiger partial charge in [-0.15, -0.1) is 0 Å². The number of rotatable bonds is 5. The average molecular weight is 335 g/mol. The summed E-state index contributed by atoms with van der Waals surface area (Å²) >= 11 is 0. The van der Waals surface area contributed by atoms with Crippen LogP contribution in [-0.2, 0) is 9.47 Å². The molecule has 1 aromatic carbocycles. The molecule has 6 heteroatoms. The summed E-state index contributed by atoms with van der Waals surface area (Å²) in [5.41, 5.74) is 0.00648. The lowest BCUT2D eigenvalue weighted by atomic mass is 9.89. The fraction of sp³-hybridized carbons (Fsp3) is 0.556. The van der Waals surface area contributed by atoms with E-state index in [9.17, 15) is 9.59 Å². The quantitative estimate of drug-likeness (QED) is 0.836. The Kier molecular flexibility index (Phi) is 5.70. The van der Waals surface area contributed by atoms with Crippen LogP contribution in [0.2, 0.25) is 0 Å². The fourth-order valence-corrected chi connectivity index (χ4v) is 2.33. The third-order valence-electron chi connectivity index (χ3n) is 3.48. The van der Waals surface area contributed by atoms with E-state index in [-0.39, 0.29) is 18.1 Å². The van der Waals surface area contributed by atoms with Crippen LogP contribution in [0.3, 0.4) is 0 Å². The molecule has 1 aliphatic carbocycles. The van der Waals surface area contributed by atoms with Gasteiger partial charge in [0.2, 0.25) is 0 Å². The molecular weight excluding hydrogens is 310 g/mol. The first-order valence-corrected chi connectivity index (χ1v) is 8.20. The van der Waals surface area contributed by atoms with Crippen molar-refractivity contribution in [3.8, 4) is 5.75 Å². The second-order valence-electron chi connectivity index (χ2n) is 6.80. The lowest BCUT2D eigenvalue weighted by molar-refractivity contribution is 0.0362. The molecule has 1 N–H and O–H groups in total. The van der Waals surface area contributed by atoms with Crippen molar-refractivity contribution in [3.63, 3.8) is 0 Å². The summed E-state index contributed by atoms with van der Waals surface area (Å²) in [6.45, 7) is 7.62. The van der Waals surface area contributed by atoms with E-state index in [1.165, 1.54) is 0 Å². The molecule has 6 nitrogen and oxygen atoms in total. The SMILES string of the molecule is CCOC(=O)c1ccc(O[C@H]2C[C@H](NC(=O)OC(C)(C)C)C2)cc1. The van der Waals surface area contributed by atoms with E-state index in [1.807, 2.05) is 20.8 Å². The van der Waals surface area contributed by atoms with Crippen molar-refractivity contribution in [2.45, 2.75) is 58.3 Å². The highest BCUT2D eigenvalue weighted by molar-refractivity contribution is 5.89. The average Bonchev–Trinajstić information content (AvgIpc) is 2.44. The number of ether oxygens (including phenoxy) is 3. The van der Waals surface area contributed by atoms with Gasteiger partial charge in [-0.05, 0) is 52.0 Å². The summed E-state index contributed by atoms with van der Waals surface area (Å²) in [6.07, 6.45) is 1.13. The number of amides is 1. The molecule has 1 aromatic rings. The minimum absolute atomic E-state index is 0.0541. The first kappa shape index (κ1) is 18.1. The van der Waals surface area contributed by atoms with Gasteiger partial charge in [-0.1, -0.05) is 0 Å². The Morgan fingerprint density at radius 2 is 1.79 bits per heavy atom. The van der Waals surface area contributed by atoms with Crippen molar-refractivity contribution < 1.29 is 23.8 Å². The van der Waals surface area contributed by atoms with Crippen molar-refractivity contribution in [2.75, 3.05) is 6.61 Å². The Hall–Kier alpha value is -2.24. The van der Waals surface area contributed by atoms with Gasteiger partial charge in [0.05, 0.1) is 12.2 Å². The second-order valence-corrected chi connectivity index (χ2v) is 6.80. The predicted molar refractivity (Wildman–Crippen MR) is 89.2 cm³/mol. The highest BCUT2D eigenvalue weighted by Crippen LogP contribution is 2.26. The minimum Gasteiger partial charge on any atom is -0.490 e. The summed E-state index contributed by atoms with van der Waals surface area (Å²) in [7, 11) is 0. The first-order chi connectivity index (χ1) is 11.3. The molecule has 0 aromatic heterocycles. The molecule has 0 radical (unpaired) electrons. The van der Waals surface area contributed by atoms with Crippen LogP contribution in [0.1, 0.15) is 50.9 Å². The van der Waals surface area contributed by atoms with Gasteiger partial charge >= 0.3 is 12.1 Å². The molecule has 0 unspecified atom stereocenters. The van der Waals surface area contributed by atoms with Crippen LogP contribution in [-0.4, -0.2) is 36.4 Å². The Labute approximate surface area is 142 Å². The molecule has 0 spiro atoms. The van der Waals surface area contributed by atoms with Crippen molar-refractivity contribution in [2.24, 2.45) is 0 Å². The molecule has 1 amide bonds. The Balaban J connectivity index is 1.73. The Bertz CT molecular complexity index is 570. The van der Waals surface area contributed by atoms with Crippen molar-refractivity contribution in [1.82, 2.24) is 5.32 Å². The topological polar surface area (TPSA) is 73.9 Å². The number of nitrogens with one attached hydrogen (secondary N) is 1. The standard InChI is InChI=1S/C18H25NO5/c1-5-22-16(20)12-6-8-14(9-7-12)23-15-10-13(11-15)19-17(21)24-18(2,3)4/h6-9,13,15H,5,10-11H2,1-4H3,(H,19,21)/t13-,15-. The van der Waals surface area contributed by atoms with E-state index in [2.05, 4.69) is 5.32 Å². The van der Waals surface area contributed by atoms with E-state index >= 15 is 0 Å². The molecule has 0 atom stereocenters. The zero-order chi connectivity index (χ0) is 17.7. The summed E-state index contributed by atoms with van der Waals surface area (Å²) in [5, 5.41) is 2.82. The number of carbonyl (C=O) groups is 2. The number of hydrogen-bond acceptors (Lipinski definition) is 5. The van der Waals surface area contributed by atoms with Crippen LogP contribution in [0.25, 0.3) is 0 Å². The number of carbonyl (C=O) groups excluding carboxylic acids is 2. The minimum atomic E-state index is -0.496. The highest BCUT2D eigenvalue weighted by atomic mass is 16.6. The highest BCUT2D eigenvalue weighted by Gasteiger charge is 2.33. The van der Waals surface area contributed by atoms with E-state index in [0.717, 1.165) is 12.8 Å². The molecule has 0 aliphatic heterocycles. The van der Waals surface area contributed by atoms with Crippen LogP contribution >= 0.6 is 0 Å². The van der Waals surface area contributed by atoms with Crippen LogP contribution < -0.4 is 10.1 Å². The normalized spacial score (nSPS) is 19.8. The second kappa shape index (κ2) is 7.55. The molecule has 1 aliphatic rings. The molecular formula is C18H25NO5. The molecule has 1 saturated carbocycles. The monoisotopic (exact) mass is 335 g/mol. The first-order valence-electron chi connectivity index (χ1n) is 8.20. The van der Waals surface area contributed by atoms with E-state index in [1.54, 1.807) is 31.2 Å². The Morgan fingerprint density at radius 1 is 1.17 bits per heavy atom. The van der Waals surface area contributed by atoms with Crippen LogP contribution in [0.5, 0.6) is 5.75 Å². The lowest BCUT2D eigenvalue weighted by Gasteiger charge is -2.36. The summed E-state index contributed by atoms with van der Waals surface area (Å²) in [6, 6.07) is 6.94. The van der Waals surface area contributed by atoms with Gasteiger partial charge in [0.1, 0.15) is 17.5 Å². The molecule has 2 rings (SSSR count). The summed E-state index contributed by atoms with van der Waals surface area (Å²) in [5.74, 6) is 0.359. The predicted octanol–water partition coefficient (Wildman–Crippen LogP) is 3.30. The third-order valence-corrected chi connectivity index (χ3v) is 3.48. The third kappa shape index (κ3) is 5.44. The van der Waals surface area contributed by atoms with Gasteiger partial charge < -0.3 is 19.5 Å². The van der Waals surface area contributed by atoms with Gasteiger partial charge in [0, 0.05) is 18.9 Å². The van der Waals surface area contributed by atoms with E-state index in [4.69, 9.17) is 14.2 Å². The smallest absolute Gasteiger partial charge is 0.407 e. The van der Waals surface area contributed by atoms with Crippen molar-refractivity contribution in [3.05, 3.63) is 29.8 Å². The molecule has 24 heavy (non-hydrogen) atoms.